The summed E-state index contributed by atoms with van der Waals surface area (Å²) in [4.78, 5) is 0. The molecule has 1 aromatic rings. The van der Waals surface area contributed by atoms with Crippen molar-refractivity contribution in [3.63, 3.8) is 0 Å². The highest BCUT2D eigenvalue weighted by Gasteiger charge is 2.27. The van der Waals surface area contributed by atoms with Gasteiger partial charge < -0.3 is 5.73 Å². The molecule has 1 saturated carbocycles. The van der Waals surface area contributed by atoms with Gasteiger partial charge in [0, 0.05) is 12.2 Å². The Morgan fingerprint density at radius 1 is 1.50 bits per heavy atom. The van der Waals surface area contributed by atoms with Crippen molar-refractivity contribution in [2.24, 2.45) is 11.7 Å². The van der Waals surface area contributed by atoms with Gasteiger partial charge >= 0.3 is 0 Å². The Labute approximate surface area is 85.3 Å². The molecule has 1 aromatic heterocycles. The SMILES string of the molecule is Cc1cnn(C2CC(C)CCC2N)c1. The van der Waals surface area contributed by atoms with Crippen LogP contribution in [0, 0.1) is 12.8 Å². The molecule has 0 spiro atoms. The van der Waals surface area contributed by atoms with Crippen LogP contribution in [0.2, 0.25) is 0 Å². The Hall–Kier alpha value is -0.830. The van der Waals surface area contributed by atoms with E-state index in [1.54, 1.807) is 0 Å². The fourth-order valence-electron chi connectivity index (χ4n) is 2.29. The molecule has 3 unspecified atom stereocenters. The second-order valence-electron chi connectivity index (χ2n) is 4.65. The van der Waals surface area contributed by atoms with E-state index in [4.69, 9.17) is 5.73 Å². The Bertz CT molecular complexity index is 305. The summed E-state index contributed by atoms with van der Waals surface area (Å²) in [6.45, 7) is 4.37. The van der Waals surface area contributed by atoms with Gasteiger partial charge in [-0.1, -0.05) is 6.92 Å². The predicted molar refractivity (Wildman–Crippen MR) is 57.0 cm³/mol. The molecule has 0 aliphatic heterocycles. The molecule has 0 amide bonds. The van der Waals surface area contributed by atoms with E-state index in [1.807, 2.05) is 6.20 Å². The third-order valence-electron chi connectivity index (χ3n) is 3.20. The zero-order chi connectivity index (χ0) is 10.1. The van der Waals surface area contributed by atoms with Crippen molar-refractivity contribution in [2.75, 3.05) is 0 Å². The highest BCUT2D eigenvalue weighted by molar-refractivity contribution is 5.02. The molecule has 0 radical (unpaired) electrons. The standard InChI is InChI=1S/C11H19N3/c1-8-3-4-10(12)11(5-8)14-7-9(2)6-13-14/h6-8,10-11H,3-5,12H2,1-2H3. The topological polar surface area (TPSA) is 43.8 Å². The van der Waals surface area contributed by atoms with Crippen molar-refractivity contribution in [3.8, 4) is 0 Å². The molecule has 2 rings (SSSR count). The first-order chi connectivity index (χ1) is 6.66. The molecule has 1 aliphatic rings. The van der Waals surface area contributed by atoms with E-state index in [0.717, 1.165) is 12.3 Å². The third kappa shape index (κ3) is 1.82. The minimum Gasteiger partial charge on any atom is -0.326 e. The van der Waals surface area contributed by atoms with Gasteiger partial charge in [-0.05, 0) is 37.7 Å². The van der Waals surface area contributed by atoms with E-state index >= 15 is 0 Å². The third-order valence-corrected chi connectivity index (χ3v) is 3.20. The fraction of sp³-hybridized carbons (Fsp3) is 0.727. The Morgan fingerprint density at radius 3 is 2.93 bits per heavy atom. The smallest absolute Gasteiger partial charge is 0.0672 e. The zero-order valence-electron chi connectivity index (χ0n) is 8.98. The second-order valence-corrected chi connectivity index (χ2v) is 4.65. The van der Waals surface area contributed by atoms with Crippen molar-refractivity contribution in [3.05, 3.63) is 18.0 Å². The summed E-state index contributed by atoms with van der Waals surface area (Å²) >= 11 is 0. The first-order valence-corrected chi connectivity index (χ1v) is 5.43. The maximum Gasteiger partial charge on any atom is 0.0672 e. The first kappa shape index (κ1) is 9.71. The lowest BCUT2D eigenvalue weighted by Gasteiger charge is -2.32. The lowest BCUT2D eigenvalue weighted by Crippen LogP contribution is -2.37. The van der Waals surface area contributed by atoms with Gasteiger partial charge in [0.2, 0.25) is 0 Å². The number of aromatic nitrogens is 2. The highest BCUT2D eigenvalue weighted by atomic mass is 15.3. The molecule has 3 atom stereocenters. The van der Waals surface area contributed by atoms with Crippen molar-refractivity contribution in [1.82, 2.24) is 9.78 Å². The van der Waals surface area contributed by atoms with Gasteiger partial charge in [-0.2, -0.15) is 5.10 Å². The van der Waals surface area contributed by atoms with Crippen molar-refractivity contribution < 1.29 is 0 Å². The van der Waals surface area contributed by atoms with Gasteiger partial charge in [-0.3, -0.25) is 4.68 Å². The van der Waals surface area contributed by atoms with E-state index in [1.165, 1.54) is 18.4 Å². The number of rotatable bonds is 1. The molecule has 0 bridgehead atoms. The molecule has 0 saturated heterocycles. The van der Waals surface area contributed by atoms with E-state index in [-0.39, 0.29) is 6.04 Å². The number of hydrogen-bond acceptors (Lipinski definition) is 2. The minimum atomic E-state index is 0.283. The second kappa shape index (κ2) is 3.73. The van der Waals surface area contributed by atoms with Gasteiger partial charge in [0.05, 0.1) is 12.2 Å². The molecule has 3 nitrogen and oxygen atoms in total. The highest BCUT2D eigenvalue weighted by Crippen LogP contribution is 2.30. The van der Waals surface area contributed by atoms with Crippen molar-refractivity contribution in [2.45, 2.75) is 45.2 Å². The van der Waals surface area contributed by atoms with Crippen LogP contribution in [0.15, 0.2) is 12.4 Å². The van der Waals surface area contributed by atoms with Crippen LogP contribution in [0.5, 0.6) is 0 Å². The van der Waals surface area contributed by atoms with Crippen LogP contribution in [0.1, 0.15) is 37.8 Å². The quantitative estimate of drug-likeness (QED) is 0.740. The summed E-state index contributed by atoms with van der Waals surface area (Å²) in [6.07, 6.45) is 7.57. The first-order valence-electron chi connectivity index (χ1n) is 5.43. The van der Waals surface area contributed by atoms with E-state index < -0.39 is 0 Å². The molecular weight excluding hydrogens is 174 g/mol. The van der Waals surface area contributed by atoms with Crippen LogP contribution in [-0.4, -0.2) is 15.8 Å². The number of nitrogens with two attached hydrogens (primary N) is 1. The molecule has 0 aromatic carbocycles. The Kier molecular flexibility index (Phi) is 2.59. The zero-order valence-corrected chi connectivity index (χ0v) is 8.98. The van der Waals surface area contributed by atoms with E-state index in [9.17, 15) is 0 Å². The maximum atomic E-state index is 6.12. The minimum absolute atomic E-state index is 0.283. The average molecular weight is 193 g/mol. The van der Waals surface area contributed by atoms with Gasteiger partial charge in [0.1, 0.15) is 0 Å². The van der Waals surface area contributed by atoms with Crippen LogP contribution in [0.4, 0.5) is 0 Å². The summed E-state index contributed by atoms with van der Waals surface area (Å²) in [5.41, 5.74) is 7.34. The molecular formula is C11H19N3. The molecule has 1 fully saturated rings. The summed E-state index contributed by atoms with van der Waals surface area (Å²) in [7, 11) is 0. The molecule has 1 aliphatic carbocycles. The van der Waals surface area contributed by atoms with Crippen LogP contribution in [0.25, 0.3) is 0 Å². The Morgan fingerprint density at radius 2 is 2.29 bits per heavy atom. The monoisotopic (exact) mass is 193 g/mol. The molecule has 2 N–H and O–H groups in total. The molecule has 14 heavy (non-hydrogen) atoms. The maximum absolute atomic E-state index is 6.12. The van der Waals surface area contributed by atoms with Crippen LogP contribution < -0.4 is 5.73 Å². The summed E-state index contributed by atoms with van der Waals surface area (Å²) in [6, 6.07) is 0.693. The van der Waals surface area contributed by atoms with Crippen molar-refractivity contribution >= 4 is 0 Å². The lowest BCUT2D eigenvalue weighted by molar-refractivity contribution is 0.233. The average Bonchev–Trinajstić information content (AvgIpc) is 2.56. The van der Waals surface area contributed by atoms with Crippen molar-refractivity contribution in [1.29, 1.82) is 0 Å². The van der Waals surface area contributed by atoms with Gasteiger partial charge in [-0.25, -0.2) is 0 Å². The Balaban J connectivity index is 2.15. The summed E-state index contributed by atoms with van der Waals surface area (Å²) in [5, 5.41) is 4.36. The molecule has 1 heterocycles. The van der Waals surface area contributed by atoms with Crippen LogP contribution in [0.3, 0.4) is 0 Å². The fourth-order valence-corrected chi connectivity index (χ4v) is 2.29. The largest absolute Gasteiger partial charge is 0.326 e. The van der Waals surface area contributed by atoms with Crippen LogP contribution in [-0.2, 0) is 0 Å². The van der Waals surface area contributed by atoms with Gasteiger partial charge in [0.25, 0.3) is 0 Å². The molecule has 3 heteroatoms. The predicted octanol–water partition coefficient (Wildman–Crippen LogP) is 1.88. The van der Waals surface area contributed by atoms with Gasteiger partial charge in [-0.15, -0.1) is 0 Å². The number of hydrogen-bond donors (Lipinski definition) is 1. The normalized spacial score (nSPS) is 33.2. The van der Waals surface area contributed by atoms with E-state index in [2.05, 4.69) is 29.8 Å². The van der Waals surface area contributed by atoms with Crippen LogP contribution >= 0.6 is 0 Å². The number of nitrogens with zero attached hydrogens (tertiary/aromatic N) is 2. The number of aryl methyl sites for hydroxylation is 1. The summed E-state index contributed by atoms with van der Waals surface area (Å²) in [5.74, 6) is 0.782. The lowest BCUT2D eigenvalue weighted by atomic mass is 9.84. The summed E-state index contributed by atoms with van der Waals surface area (Å²) < 4.78 is 2.05. The van der Waals surface area contributed by atoms with E-state index in [0.29, 0.717) is 6.04 Å². The molecule has 78 valence electrons. The van der Waals surface area contributed by atoms with Gasteiger partial charge in [0.15, 0.2) is 0 Å².